The third kappa shape index (κ3) is 5.19. The van der Waals surface area contributed by atoms with Gasteiger partial charge in [-0.1, -0.05) is 38.0 Å². The molecule has 0 fully saturated rings. The highest BCUT2D eigenvalue weighted by molar-refractivity contribution is 7.64. The van der Waals surface area contributed by atoms with Gasteiger partial charge in [-0.15, -0.1) is 11.3 Å². The van der Waals surface area contributed by atoms with Gasteiger partial charge in [-0.3, -0.25) is 0 Å². The summed E-state index contributed by atoms with van der Waals surface area (Å²) in [4.78, 5) is 0.395. The number of alkyl halides is 3. The van der Waals surface area contributed by atoms with Crippen LogP contribution in [0.5, 0.6) is 5.75 Å². The third-order valence-corrected chi connectivity index (χ3v) is 7.02. The molecule has 0 unspecified atom stereocenters. The molecule has 0 aliphatic heterocycles. The highest BCUT2D eigenvalue weighted by atomic mass is 32.1. The number of benzene rings is 2. The van der Waals surface area contributed by atoms with Gasteiger partial charge < -0.3 is 15.8 Å². The summed E-state index contributed by atoms with van der Waals surface area (Å²) < 4.78 is 45.4. The van der Waals surface area contributed by atoms with Gasteiger partial charge in [-0.25, -0.2) is 0 Å². The van der Waals surface area contributed by atoms with Crippen LogP contribution in [-0.4, -0.2) is 33.2 Å². The van der Waals surface area contributed by atoms with Crippen LogP contribution in [0, 0.1) is 11.8 Å². The fraction of sp³-hybridized carbons (Fsp3) is 0.273. The second-order valence-corrected chi connectivity index (χ2v) is 10.2. The Kier molecular flexibility index (Phi) is 6.80. The van der Waals surface area contributed by atoms with E-state index in [0.717, 1.165) is 11.4 Å². The van der Waals surface area contributed by atoms with E-state index < -0.39 is 12.6 Å². The van der Waals surface area contributed by atoms with Gasteiger partial charge in [0.15, 0.2) is 0 Å². The molecular weight excluding hydrogens is 428 g/mol. The largest absolute Gasteiger partial charge is 0.495 e. The molecule has 1 heterocycles. The summed E-state index contributed by atoms with van der Waals surface area (Å²) in [5.41, 5.74) is 7.39. The number of thiophene rings is 1. The molecule has 0 aliphatic carbocycles. The molecule has 0 aliphatic rings. The predicted octanol–water partition coefficient (Wildman–Crippen LogP) is 5.43. The molecule has 0 saturated heterocycles. The Bertz CT molecular complexity index is 1110. The zero-order valence-electron chi connectivity index (χ0n) is 16.9. The zero-order chi connectivity index (χ0) is 21.9. The van der Waals surface area contributed by atoms with E-state index in [0.29, 0.717) is 20.7 Å². The van der Waals surface area contributed by atoms with Crippen LogP contribution in [0.3, 0.4) is 0 Å². The number of halogens is 3. The first-order valence-corrected chi connectivity index (χ1v) is 12.2. The maximum atomic E-state index is 13.1. The number of nitrogens with two attached hydrogens (primary N) is 1. The quantitative estimate of drug-likeness (QED) is 0.310. The topological polar surface area (TPSA) is 47.3 Å². The number of nitrogen functional groups attached to an aromatic ring is 1. The van der Waals surface area contributed by atoms with Crippen molar-refractivity contribution in [2.45, 2.75) is 12.6 Å². The summed E-state index contributed by atoms with van der Waals surface area (Å²) in [5.74, 6) is 6.56. The van der Waals surface area contributed by atoms with E-state index in [1.165, 1.54) is 16.6 Å². The lowest BCUT2D eigenvalue weighted by atomic mass is 10.1. The molecule has 0 spiro atoms. The molecule has 3 aromatic rings. The molecule has 3 nitrogen and oxygen atoms in total. The molecule has 3 N–H and O–H groups in total. The lowest BCUT2D eigenvalue weighted by Gasteiger charge is -2.13. The van der Waals surface area contributed by atoms with Crippen molar-refractivity contribution >= 4 is 46.0 Å². The summed E-state index contributed by atoms with van der Waals surface area (Å²) >= 11 is 1.20. The third-order valence-electron chi connectivity index (χ3n) is 4.50. The fourth-order valence-electron chi connectivity index (χ4n) is 3.04. The molecule has 1 aromatic heterocycles. The smallest absolute Gasteiger partial charge is 0.393 e. The molecule has 2 aromatic carbocycles. The van der Waals surface area contributed by atoms with E-state index in [1.807, 2.05) is 18.2 Å². The molecule has 0 saturated carbocycles. The van der Waals surface area contributed by atoms with Crippen molar-refractivity contribution < 1.29 is 17.9 Å². The minimum absolute atomic E-state index is 0.184. The van der Waals surface area contributed by atoms with E-state index in [2.05, 4.69) is 30.5 Å². The highest BCUT2D eigenvalue weighted by Crippen LogP contribution is 2.38. The highest BCUT2D eigenvalue weighted by Gasteiger charge is 2.31. The maximum absolute atomic E-state index is 13.1. The molecule has 0 radical (unpaired) electrons. The predicted molar refractivity (Wildman–Crippen MR) is 123 cm³/mol. The summed E-state index contributed by atoms with van der Waals surface area (Å²) in [6.07, 6.45) is -5.35. The lowest BCUT2D eigenvalue weighted by Crippen LogP contribution is -2.12. The van der Waals surface area contributed by atoms with Gasteiger partial charge in [-0.05, 0) is 47.8 Å². The summed E-state index contributed by atoms with van der Waals surface area (Å²) in [5, 5.41) is 4.92. The van der Waals surface area contributed by atoms with Crippen molar-refractivity contribution in [3.05, 3.63) is 46.8 Å². The summed E-state index contributed by atoms with van der Waals surface area (Å²) in [6, 6.07) is 11.0. The van der Waals surface area contributed by atoms with E-state index in [-0.39, 0.29) is 20.0 Å². The van der Waals surface area contributed by atoms with Crippen molar-refractivity contribution in [1.29, 1.82) is 0 Å². The second kappa shape index (κ2) is 9.16. The average Bonchev–Trinajstić information content (AvgIpc) is 3.02. The monoisotopic (exact) mass is 450 g/mol. The molecule has 3 rings (SSSR count). The van der Waals surface area contributed by atoms with Crippen LogP contribution in [0.25, 0.3) is 10.1 Å². The van der Waals surface area contributed by atoms with Crippen LogP contribution in [0.15, 0.2) is 36.4 Å². The molecule has 0 atom stereocenters. The Labute approximate surface area is 179 Å². The molecule has 0 bridgehead atoms. The Hall–Kier alpha value is -2.42. The molecule has 30 heavy (non-hydrogen) atoms. The van der Waals surface area contributed by atoms with Gasteiger partial charge in [0.2, 0.25) is 0 Å². The average molecular weight is 450 g/mol. The van der Waals surface area contributed by atoms with E-state index in [9.17, 15) is 13.2 Å². The van der Waals surface area contributed by atoms with Crippen molar-refractivity contribution in [2.75, 3.05) is 38.0 Å². The van der Waals surface area contributed by atoms with Crippen LogP contribution in [0.2, 0.25) is 0 Å². The number of hydrogen-bond acceptors (Lipinski definition) is 4. The van der Waals surface area contributed by atoms with Crippen molar-refractivity contribution in [3.63, 3.8) is 0 Å². The van der Waals surface area contributed by atoms with Gasteiger partial charge >= 0.3 is 6.18 Å². The number of ether oxygens (including phenoxy) is 1. The number of hydrogen-bond donors (Lipinski definition) is 2. The maximum Gasteiger partial charge on any atom is 0.393 e. The Morgan fingerprint density at radius 1 is 1.20 bits per heavy atom. The molecule has 8 heteroatoms. The Morgan fingerprint density at radius 2 is 1.97 bits per heavy atom. The first-order valence-electron chi connectivity index (χ1n) is 9.14. The van der Waals surface area contributed by atoms with Gasteiger partial charge in [0.05, 0.1) is 35.3 Å². The number of nitrogens with one attached hydrogen (secondary N) is 1. The number of anilines is 2. The standard InChI is InChI=1S/C22H22F3N2OPS/c1-28-19-12-14(29(2)3)9-10-18(19)27-11-5-8-20-16(13-22(23,24)25)15-6-4-7-17(26)21(15)30-20/h4,6-7,9-10,12,27H,11,13,26H2,1-3H3. The van der Waals surface area contributed by atoms with Gasteiger partial charge in [-0.2, -0.15) is 13.2 Å². The van der Waals surface area contributed by atoms with Gasteiger partial charge in [0, 0.05) is 5.69 Å². The molecule has 0 amide bonds. The first kappa shape index (κ1) is 22.3. The first-order chi connectivity index (χ1) is 14.2. The van der Waals surface area contributed by atoms with E-state index in [4.69, 9.17) is 10.5 Å². The Morgan fingerprint density at radius 3 is 2.63 bits per heavy atom. The SMILES string of the molecule is COc1cc(P(C)C)ccc1NCC#Cc1sc2c(N)cccc2c1CC(F)(F)F. The lowest BCUT2D eigenvalue weighted by molar-refractivity contribution is -0.126. The van der Waals surface area contributed by atoms with Crippen LogP contribution >= 0.6 is 19.3 Å². The van der Waals surface area contributed by atoms with Gasteiger partial charge in [0.1, 0.15) is 5.75 Å². The Balaban J connectivity index is 1.85. The minimum atomic E-state index is -4.32. The normalized spacial score (nSPS) is 11.4. The molecular formula is C22H22F3N2OPS. The van der Waals surface area contributed by atoms with E-state index in [1.54, 1.807) is 25.3 Å². The van der Waals surface area contributed by atoms with Crippen LogP contribution in [0.1, 0.15) is 10.4 Å². The van der Waals surface area contributed by atoms with Crippen LogP contribution in [-0.2, 0) is 6.42 Å². The molecule has 158 valence electrons. The summed E-state index contributed by atoms with van der Waals surface area (Å²) in [7, 11) is 1.36. The minimum Gasteiger partial charge on any atom is -0.495 e. The number of fused-ring (bicyclic) bond motifs is 1. The van der Waals surface area contributed by atoms with Crippen molar-refractivity contribution in [2.24, 2.45) is 0 Å². The van der Waals surface area contributed by atoms with Crippen molar-refractivity contribution in [3.8, 4) is 17.6 Å². The second-order valence-electron chi connectivity index (χ2n) is 6.86. The summed E-state index contributed by atoms with van der Waals surface area (Å²) in [6.45, 7) is 4.61. The number of methoxy groups -OCH3 is 1. The van der Waals surface area contributed by atoms with Crippen molar-refractivity contribution in [1.82, 2.24) is 0 Å². The van der Waals surface area contributed by atoms with E-state index >= 15 is 0 Å². The fourth-order valence-corrected chi connectivity index (χ4v) is 4.91. The van der Waals surface area contributed by atoms with Gasteiger partial charge in [0.25, 0.3) is 0 Å². The number of rotatable bonds is 5. The van der Waals surface area contributed by atoms with Crippen LogP contribution in [0.4, 0.5) is 24.5 Å². The zero-order valence-corrected chi connectivity index (χ0v) is 18.6. The van der Waals surface area contributed by atoms with Crippen LogP contribution < -0.4 is 21.1 Å².